The van der Waals surface area contributed by atoms with Gasteiger partial charge < -0.3 is 15.2 Å². The molecule has 1 atom stereocenters. The third kappa shape index (κ3) is 3.73. The lowest BCUT2D eigenvalue weighted by atomic mass is 10.0. The van der Waals surface area contributed by atoms with Gasteiger partial charge >= 0.3 is 0 Å². The summed E-state index contributed by atoms with van der Waals surface area (Å²) in [7, 11) is 2.08. The van der Waals surface area contributed by atoms with Crippen LogP contribution in [0.4, 0.5) is 5.95 Å². The molecule has 0 saturated carbocycles. The first-order chi connectivity index (χ1) is 7.93. The molecule has 0 radical (unpaired) electrons. The van der Waals surface area contributed by atoms with Crippen molar-refractivity contribution < 1.29 is 0 Å². The van der Waals surface area contributed by atoms with Crippen LogP contribution in [-0.4, -0.2) is 29.2 Å². The van der Waals surface area contributed by atoms with Crippen LogP contribution in [0.2, 0.25) is 0 Å². The van der Waals surface area contributed by atoms with Gasteiger partial charge in [-0.25, -0.2) is 4.98 Å². The minimum Gasteiger partial charge on any atom is -0.345 e. The summed E-state index contributed by atoms with van der Waals surface area (Å²) >= 11 is 0. The Labute approximate surface area is 105 Å². The van der Waals surface area contributed by atoms with Gasteiger partial charge in [-0.05, 0) is 26.2 Å². The van der Waals surface area contributed by atoms with E-state index >= 15 is 0 Å². The van der Waals surface area contributed by atoms with Gasteiger partial charge in [-0.1, -0.05) is 13.8 Å². The van der Waals surface area contributed by atoms with Gasteiger partial charge in [-0.3, -0.25) is 0 Å². The number of aromatic nitrogens is 2. The molecule has 0 aliphatic carbocycles. The summed E-state index contributed by atoms with van der Waals surface area (Å²) < 4.78 is 2.18. The molecule has 2 N–H and O–H groups in total. The van der Waals surface area contributed by atoms with E-state index in [1.165, 1.54) is 0 Å². The lowest BCUT2D eigenvalue weighted by Crippen LogP contribution is -2.32. The van der Waals surface area contributed by atoms with E-state index in [2.05, 4.69) is 49.2 Å². The van der Waals surface area contributed by atoms with Crippen LogP contribution < -0.4 is 10.6 Å². The van der Waals surface area contributed by atoms with Crippen molar-refractivity contribution in [3.05, 3.63) is 12.4 Å². The molecule has 0 bridgehead atoms. The quantitative estimate of drug-likeness (QED) is 0.827. The number of nitrogens with two attached hydrogens (primary N) is 1. The molecule has 0 amide bonds. The molecule has 17 heavy (non-hydrogen) atoms. The third-order valence-corrected chi connectivity index (χ3v) is 3.20. The summed E-state index contributed by atoms with van der Waals surface area (Å²) in [5, 5.41) is 0. The Balaban J connectivity index is 2.58. The first-order valence-electron chi connectivity index (χ1n) is 6.43. The van der Waals surface area contributed by atoms with E-state index in [0.717, 1.165) is 18.9 Å². The number of rotatable bonds is 6. The Morgan fingerprint density at radius 1 is 1.35 bits per heavy atom. The highest BCUT2D eigenvalue weighted by Gasteiger charge is 2.13. The normalized spacial score (nSPS) is 13.4. The molecule has 4 heteroatoms. The summed E-state index contributed by atoms with van der Waals surface area (Å²) in [5.74, 6) is 1.56. The fourth-order valence-electron chi connectivity index (χ4n) is 1.78. The Bertz CT molecular complexity index is 330. The minimum absolute atomic E-state index is 0.264. The molecule has 0 saturated heterocycles. The molecule has 98 valence electrons. The molecule has 0 spiro atoms. The van der Waals surface area contributed by atoms with Crippen LogP contribution in [-0.2, 0) is 0 Å². The Morgan fingerprint density at radius 3 is 2.53 bits per heavy atom. The second-order valence-corrected chi connectivity index (χ2v) is 5.35. The van der Waals surface area contributed by atoms with Crippen LogP contribution in [0.5, 0.6) is 0 Å². The van der Waals surface area contributed by atoms with Gasteiger partial charge in [0, 0.05) is 38.1 Å². The van der Waals surface area contributed by atoms with Gasteiger partial charge in [-0.2, -0.15) is 0 Å². The Hall–Kier alpha value is -1.03. The summed E-state index contributed by atoms with van der Waals surface area (Å²) in [6.07, 6.45) is 4.88. The molecule has 0 aliphatic heterocycles. The molecule has 0 aliphatic rings. The Morgan fingerprint density at radius 2 is 2.00 bits per heavy atom. The standard InChI is InChI=1S/C13H26N4/c1-10(2)12(14)6-8-16(5)13-15-7-9-17(13)11(3)4/h7,9-12H,6,8,14H2,1-5H3. The number of imidazole rings is 1. The fraction of sp³-hybridized carbons (Fsp3) is 0.769. The molecule has 4 nitrogen and oxygen atoms in total. The average Bonchev–Trinajstić information content (AvgIpc) is 2.73. The first kappa shape index (κ1) is 14.0. The van der Waals surface area contributed by atoms with Crippen LogP contribution in [0.15, 0.2) is 12.4 Å². The van der Waals surface area contributed by atoms with Gasteiger partial charge in [0.25, 0.3) is 0 Å². The summed E-state index contributed by atoms with van der Waals surface area (Å²) in [5.41, 5.74) is 6.06. The van der Waals surface area contributed by atoms with Crippen LogP contribution in [0.1, 0.15) is 40.2 Å². The van der Waals surface area contributed by atoms with E-state index in [4.69, 9.17) is 5.73 Å². The van der Waals surface area contributed by atoms with Crippen LogP contribution >= 0.6 is 0 Å². The average molecular weight is 238 g/mol. The summed E-state index contributed by atoms with van der Waals surface area (Å²) in [6.45, 7) is 9.61. The van der Waals surface area contributed by atoms with Gasteiger partial charge in [-0.15, -0.1) is 0 Å². The maximum atomic E-state index is 6.06. The van der Waals surface area contributed by atoms with E-state index in [1.54, 1.807) is 0 Å². The molecule has 0 fully saturated rings. The maximum Gasteiger partial charge on any atom is 0.205 e. The molecule has 1 unspecified atom stereocenters. The van der Waals surface area contributed by atoms with Gasteiger partial charge in [0.1, 0.15) is 0 Å². The largest absolute Gasteiger partial charge is 0.345 e. The van der Waals surface area contributed by atoms with E-state index in [0.29, 0.717) is 12.0 Å². The number of hydrogen-bond donors (Lipinski definition) is 1. The van der Waals surface area contributed by atoms with Crippen LogP contribution in [0.3, 0.4) is 0 Å². The van der Waals surface area contributed by atoms with Crippen molar-refractivity contribution in [1.82, 2.24) is 9.55 Å². The van der Waals surface area contributed by atoms with E-state index in [-0.39, 0.29) is 6.04 Å². The monoisotopic (exact) mass is 238 g/mol. The molecule has 0 aromatic carbocycles. The highest BCUT2D eigenvalue weighted by atomic mass is 15.3. The van der Waals surface area contributed by atoms with E-state index < -0.39 is 0 Å². The summed E-state index contributed by atoms with van der Waals surface area (Å²) in [4.78, 5) is 6.59. The zero-order valence-corrected chi connectivity index (χ0v) is 11.7. The molecule has 1 aromatic rings. The smallest absolute Gasteiger partial charge is 0.205 e. The summed E-state index contributed by atoms with van der Waals surface area (Å²) in [6, 6.07) is 0.702. The lowest BCUT2D eigenvalue weighted by molar-refractivity contribution is 0.463. The van der Waals surface area contributed by atoms with Crippen molar-refractivity contribution in [2.24, 2.45) is 11.7 Å². The number of nitrogens with zero attached hydrogens (tertiary/aromatic N) is 3. The second kappa shape index (κ2) is 6.05. The zero-order valence-electron chi connectivity index (χ0n) is 11.7. The minimum atomic E-state index is 0.264. The van der Waals surface area contributed by atoms with Gasteiger partial charge in [0.15, 0.2) is 0 Å². The number of anilines is 1. The van der Waals surface area contributed by atoms with Crippen molar-refractivity contribution in [2.45, 2.75) is 46.2 Å². The van der Waals surface area contributed by atoms with Crippen LogP contribution in [0.25, 0.3) is 0 Å². The van der Waals surface area contributed by atoms with Crippen molar-refractivity contribution in [1.29, 1.82) is 0 Å². The highest BCUT2D eigenvalue weighted by molar-refractivity contribution is 5.30. The third-order valence-electron chi connectivity index (χ3n) is 3.20. The van der Waals surface area contributed by atoms with Gasteiger partial charge in [0.2, 0.25) is 5.95 Å². The topological polar surface area (TPSA) is 47.1 Å². The van der Waals surface area contributed by atoms with Crippen molar-refractivity contribution in [2.75, 3.05) is 18.5 Å². The molecular formula is C13H26N4. The van der Waals surface area contributed by atoms with Crippen molar-refractivity contribution in [3.8, 4) is 0 Å². The maximum absolute atomic E-state index is 6.06. The Kier molecular flexibility index (Phi) is 5.00. The van der Waals surface area contributed by atoms with E-state index in [9.17, 15) is 0 Å². The first-order valence-corrected chi connectivity index (χ1v) is 6.43. The van der Waals surface area contributed by atoms with Gasteiger partial charge in [0.05, 0.1) is 0 Å². The second-order valence-electron chi connectivity index (χ2n) is 5.35. The number of hydrogen-bond acceptors (Lipinski definition) is 3. The van der Waals surface area contributed by atoms with Crippen molar-refractivity contribution in [3.63, 3.8) is 0 Å². The highest BCUT2D eigenvalue weighted by Crippen LogP contribution is 2.16. The molecule has 1 aromatic heterocycles. The molecular weight excluding hydrogens is 212 g/mol. The SMILES string of the molecule is CC(C)C(N)CCN(C)c1nccn1C(C)C. The zero-order chi connectivity index (χ0) is 13.0. The predicted molar refractivity (Wildman–Crippen MR) is 73.3 cm³/mol. The predicted octanol–water partition coefficient (Wildman–Crippen LogP) is 2.27. The van der Waals surface area contributed by atoms with Crippen molar-refractivity contribution >= 4 is 5.95 Å². The molecule has 1 heterocycles. The van der Waals surface area contributed by atoms with E-state index in [1.807, 2.05) is 12.4 Å². The fourth-order valence-corrected chi connectivity index (χ4v) is 1.78. The lowest BCUT2D eigenvalue weighted by Gasteiger charge is -2.24. The van der Waals surface area contributed by atoms with Crippen LogP contribution in [0, 0.1) is 5.92 Å². The molecule has 1 rings (SSSR count).